The fourth-order valence-electron chi connectivity index (χ4n) is 5.32. The number of rotatable bonds is 10. The first-order chi connectivity index (χ1) is 19.7. The Morgan fingerprint density at radius 1 is 0.902 bits per heavy atom. The fourth-order valence-corrected chi connectivity index (χ4v) is 6.14. The number of benzene rings is 3. The number of hydrogen-bond donors (Lipinski definition) is 2. The summed E-state index contributed by atoms with van der Waals surface area (Å²) < 4.78 is 38.5. The van der Waals surface area contributed by atoms with Crippen molar-refractivity contribution in [1.29, 1.82) is 0 Å². The van der Waals surface area contributed by atoms with E-state index in [1.165, 1.54) is 22.7 Å². The van der Waals surface area contributed by atoms with Crippen molar-refractivity contribution >= 4 is 21.8 Å². The standard InChI is InChI=1S/C31H35FN4O4S/c1-41(39,40)36-19-17-35(18-20-36)31(38)28(15-16-33-29-21-27(29)24-11-13-26(32)14-12-24)34-30(37)25-9-7-23(8-10-25)22-5-3-2-4-6-22/h2-14,27-29,33H,15-21H2,1H3,(H,34,37)/t27-,28?,29+/m0/s1. The van der Waals surface area contributed by atoms with E-state index in [-0.39, 0.29) is 49.9 Å². The van der Waals surface area contributed by atoms with Crippen molar-refractivity contribution in [2.45, 2.75) is 30.8 Å². The van der Waals surface area contributed by atoms with Gasteiger partial charge in [-0.15, -0.1) is 0 Å². The topological polar surface area (TPSA) is 98.8 Å². The maximum Gasteiger partial charge on any atom is 0.251 e. The first-order valence-electron chi connectivity index (χ1n) is 13.9. The lowest BCUT2D eigenvalue weighted by Gasteiger charge is -2.35. The minimum absolute atomic E-state index is 0.222. The summed E-state index contributed by atoms with van der Waals surface area (Å²) in [6.45, 7) is 1.51. The van der Waals surface area contributed by atoms with Gasteiger partial charge in [-0.3, -0.25) is 9.59 Å². The second-order valence-electron chi connectivity index (χ2n) is 10.7. The van der Waals surface area contributed by atoms with Gasteiger partial charge in [0.1, 0.15) is 11.9 Å². The van der Waals surface area contributed by atoms with E-state index in [1.54, 1.807) is 29.2 Å². The van der Waals surface area contributed by atoms with Crippen molar-refractivity contribution in [3.05, 3.63) is 95.8 Å². The molecule has 3 aromatic carbocycles. The fraction of sp³-hybridized carbons (Fsp3) is 0.355. The quantitative estimate of drug-likeness (QED) is 0.385. The molecule has 0 spiro atoms. The van der Waals surface area contributed by atoms with Gasteiger partial charge in [0.2, 0.25) is 15.9 Å². The zero-order valence-electron chi connectivity index (χ0n) is 23.0. The van der Waals surface area contributed by atoms with Crippen LogP contribution in [0.4, 0.5) is 4.39 Å². The summed E-state index contributed by atoms with van der Waals surface area (Å²) in [4.78, 5) is 28.4. The van der Waals surface area contributed by atoms with Crippen molar-refractivity contribution in [1.82, 2.24) is 19.8 Å². The van der Waals surface area contributed by atoms with Crippen LogP contribution in [-0.4, -0.2) is 80.5 Å². The summed E-state index contributed by atoms with van der Waals surface area (Å²) in [6, 6.07) is 23.1. The van der Waals surface area contributed by atoms with Gasteiger partial charge in [-0.05, 0) is 60.3 Å². The Morgan fingerprint density at radius 2 is 1.54 bits per heavy atom. The van der Waals surface area contributed by atoms with Crippen LogP contribution in [0.3, 0.4) is 0 Å². The number of hydrogen-bond acceptors (Lipinski definition) is 5. The highest BCUT2D eigenvalue weighted by molar-refractivity contribution is 7.88. The smallest absolute Gasteiger partial charge is 0.251 e. The molecule has 2 fully saturated rings. The van der Waals surface area contributed by atoms with Gasteiger partial charge in [-0.1, -0.05) is 54.6 Å². The zero-order valence-corrected chi connectivity index (χ0v) is 23.8. The number of piperazine rings is 1. The number of nitrogens with one attached hydrogen (secondary N) is 2. The molecule has 2 amide bonds. The first-order valence-corrected chi connectivity index (χ1v) is 15.7. The number of amides is 2. The van der Waals surface area contributed by atoms with Gasteiger partial charge in [0.15, 0.2) is 0 Å². The summed E-state index contributed by atoms with van der Waals surface area (Å²) >= 11 is 0. The van der Waals surface area contributed by atoms with Gasteiger partial charge in [0.05, 0.1) is 6.26 Å². The largest absolute Gasteiger partial charge is 0.340 e. The van der Waals surface area contributed by atoms with Crippen LogP contribution < -0.4 is 10.6 Å². The number of halogens is 1. The average Bonchev–Trinajstić information content (AvgIpc) is 3.76. The third-order valence-electron chi connectivity index (χ3n) is 7.81. The highest BCUT2D eigenvalue weighted by Gasteiger charge is 2.38. The van der Waals surface area contributed by atoms with Crippen molar-refractivity contribution in [3.63, 3.8) is 0 Å². The molecule has 3 atom stereocenters. The van der Waals surface area contributed by atoms with Crippen LogP contribution in [0.2, 0.25) is 0 Å². The van der Waals surface area contributed by atoms with Gasteiger partial charge >= 0.3 is 0 Å². The Kier molecular flexibility index (Phi) is 8.82. The van der Waals surface area contributed by atoms with Crippen LogP contribution in [0.25, 0.3) is 11.1 Å². The molecule has 2 aliphatic rings. The maximum absolute atomic E-state index is 13.5. The van der Waals surface area contributed by atoms with Crippen LogP contribution >= 0.6 is 0 Å². The Labute approximate surface area is 240 Å². The van der Waals surface area contributed by atoms with Gasteiger partial charge < -0.3 is 15.5 Å². The highest BCUT2D eigenvalue weighted by atomic mass is 32.2. The van der Waals surface area contributed by atoms with Gasteiger partial charge in [0.25, 0.3) is 5.91 Å². The highest BCUT2D eigenvalue weighted by Crippen LogP contribution is 2.40. The van der Waals surface area contributed by atoms with Crippen molar-refractivity contribution < 1.29 is 22.4 Å². The molecule has 216 valence electrons. The second kappa shape index (κ2) is 12.5. The van der Waals surface area contributed by atoms with Crippen LogP contribution in [0.1, 0.15) is 34.7 Å². The lowest BCUT2D eigenvalue weighted by molar-refractivity contribution is -0.134. The normalized spacial score (nSPS) is 19.9. The number of sulfonamides is 1. The molecule has 1 saturated heterocycles. The predicted molar refractivity (Wildman–Crippen MR) is 156 cm³/mol. The Balaban J connectivity index is 1.22. The van der Waals surface area contributed by atoms with E-state index in [9.17, 15) is 22.4 Å². The van der Waals surface area contributed by atoms with Crippen LogP contribution in [0, 0.1) is 5.82 Å². The molecule has 0 bridgehead atoms. The number of carbonyl (C=O) groups excluding carboxylic acids is 2. The second-order valence-corrected chi connectivity index (χ2v) is 12.7. The SMILES string of the molecule is CS(=O)(=O)N1CCN(C(=O)C(CCN[C@@H]2C[C@H]2c2ccc(F)cc2)NC(=O)c2ccc(-c3ccccc3)cc2)CC1. The molecule has 1 aliphatic carbocycles. The lowest BCUT2D eigenvalue weighted by Crippen LogP contribution is -2.56. The summed E-state index contributed by atoms with van der Waals surface area (Å²) in [5.74, 6) is -0.525. The average molecular weight is 579 g/mol. The molecule has 1 aliphatic heterocycles. The van der Waals surface area contributed by atoms with E-state index in [0.717, 1.165) is 23.1 Å². The third kappa shape index (κ3) is 7.38. The minimum atomic E-state index is -3.33. The van der Waals surface area contributed by atoms with Crippen molar-refractivity contribution in [2.24, 2.45) is 0 Å². The molecule has 5 rings (SSSR count). The molecular formula is C31H35FN4O4S. The van der Waals surface area contributed by atoms with E-state index in [2.05, 4.69) is 10.6 Å². The van der Waals surface area contributed by atoms with Crippen LogP contribution in [-0.2, 0) is 14.8 Å². The van der Waals surface area contributed by atoms with Crippen molar-refractivity contribution in [3.8, 4) is 11.1 Å². The predicted octanol–water partition coefficient (Wildman–Crippen LogP) is 3.23. The molecule has 1 saturated carbocycles. The lowest BCUT2D eigenvalue weighted by atomic mass is 10.0. The van der Waals surface area contributed by atoms with Crippen LogP contribution in [0.5, 0.6) is 0 Å². The minimum Gasteiger partial charge on any atom is -0.340 e. The van der Waals surface area contributed by atoms with E-state index < -0.39 is 16.1 Å². The monoisotopic (exact) mass is 578 g/mol. The molecular weight excluding hydrogens is 543 g/mol. The van der Waals surface area contributed by atoms with Gasteiger partial charge in [0, 0.05) is 43.7 Å². The molecule has 3 aromatic rings. The number of nitrogens with zero attached hydrogens (tertiary/aromatic N) is 2. The van der Waals surface area contributed by atoms with Gasteiger partial charge in [-0.2, -0.15) is 4.31 Å². The molecule has 8 nitrogen and oxygen atoms in total. The first kappa shape index (κ1) is 28.9. The maximum atomic E-state index is 13.5. The van der Waals surface area contributed by atoms with E-state index in [0.29, 0.717) is 24.4 Å². The van der Waals surface area contributed by atoms with Gasteiger partial charge in [-0.25, -0.2) is 12.8 Å². The summed E-state index contributed by atoms with van der Waals surface area (Å²) in [6.07, 6.45) is 2.47. The Morgan fingerprint density at radius 3 is 2.17 bits per heavy atom. The van der Waals surface area contributed by atoms with Crippen LogP contribution in [0.15, 0.2) is 78.9 Å². The third-order valence-corrected chi connectivity index (χ3v) is 9.11. The molecule has 0 aromatic heterocycles. The summed E-state index contributed by atoms with van der Waals surface area (Å²) in [5.41, 5.74) is 3.57. The van der Waals surface area contributed by atoms with E-state index in [1.807, 2.05) is 42.5 Å². The summed E-state index contributed by atoms with van der Waals surface area (Å²) in [7, 11) is -3.33. The molecule has 10 heteroatoms. The zero-order chi connectivity index (χ0) is 29.0. The van der Waals surface area contributed by atoms with E-state index in [4.69, 9.17) is 0 Å². The van der Waals surface area contributed by atoms with Crippen molar-refractivity contribution in [2.75, 3.05) is 39.0 Å². The Bertz CT molecular complexity index is 1460. The molecule has 0 radical (unpaired) electrons. The molecule has 41 heavy (non-hydrogen) atoms. The molecule has 1 heterocycles. The van der Waals surface area contributed by atoms with E-state index >= 15 is 0 Å². The molecule has 2 N–H and O–H groups in total. The molecule has 1 unspecified atom stereocenters. The Hall–Kier alpha value is -3.60. The number of carbonyl (C=O) groups is 2. The summed E-state index contributed by atoms with van der Waals surface area (Å²) in [5, 5.41) is 6.40.